The van der Waals surface area contributed by atoms with Crippen LogP contribution in [0.4, 0.5) is 5.69 Å². The Balaban J connectivity index is 1.26. The molecule has 2 unspecified atom stereocenters. The van der Waals surface area contributed by atoms with E-state index >= 15 is 0 Å². The lowest BCUT2D eigenvalue weighted by Crippen LogP contribution is -2.53. The van der Waals surface area contributed by atoms with Gasteiger partial charge < -0.3 is 39.6 Å². The van der Waals surface area contributed by atoms with Crippen LogP contribution < -0.4 is 20.7 Å². The van der Waals surface area contributed by atoms with Gasteiger partial charge in [0.1, 0.15) is 29.4 Å². The van der Waals surface area contributed by atoms with Gasteiger partial charge in [0, 0.05) is 51.5 Å². The predicted molar refractivity (Wildman–Crippen MR) is 196 cm³/mol. The Kier molecular flexibility index (Phi) is 6.50. The largest absolute Gasteiger partial charge is 0.469 e. The van der Waals surface area contributed by atoms with Gasteiger partial charge in [-0.3, -0.25) is 9.59 Å². The summed E-state index contributed by atoms with van der Waals surface area (Å²) >= 11 is 0. The van der Waals surface area contributed by atoms with Gasteiger partial charge in [-0.25, -0.2) is 9.97 Å². The molecule has 10 bridgehead atoms. The number of oxazole rings is 2. The number of ether oxygens (including phenoxy) is 1. The zero-order chi connectivity index (χ0) is 36.6. The van der Waals surface area contributed by atoms with Gasteiger partial charge >= 0.3 is 0 Å². The van der Waals surface area contributed by atoms with Crippen LogP contribution in [0.2, 0.25) is 0 Å². The Morgan fingerprint density at radius 3 is 2.64 bits per heavy atom. The summed E-state index contributed by atoms with van der Waals surface area (Å²) < 4.78 is 20.4. The molecule has 3 aromatic carbocycles. The van der Waals surface area contributed by atoms with Crippen molar-refractivity contribution in [2.24, 2.45) is 11.3 Å². The van der Waals surface area contributed by atoms with Gasteiger partial charge in [0.15, 0.2) is 23.4 Å². The molecule has 7 heterocycles. The lowest BCUT2D eigenvalue weighted by molar-refractivity contribution is -0.138. The second-order valence-corrected chi connectivity index (χ2v) is 16.0. The number of H-pyrrole nitrogens is 1. The van der Waals surface area contributed by atoms with Crippen LogP contribution in [-0.4, -0.2) is 50.2 Å². The van der Waals surface area contributed by atoms with Gasteiger partial charge in [-0.05, 0) is 34.6 Å². The van der Waals surface area contributed by atoms with Gasteiger partial charge in [-0.1, -0.05) is 77.1 Å². The summed E-state index contributed by atoms with van der Waals surface area (Å²) in [6.45, 7) is 9.26. The monoisotopic (exact) mass is 710 g/mol. The van der Waals surface area contributed by atoms with E-state index in [2.05, 4.69) is 45.2 Å². The number of rotatable bonds is 3. The highest BCUT2D eigenvalue weighted by molar-refractivity contribution is 6.07. The molecule has 2 amide bonds. The molecule has 10 rings (SSSR count). The molecule has 0 saturated heterocycles. The summed E-state index contributed by atoms with van der Waals surface area (Å²) in [7, 11) is 0. The number of benzene rings is 3. The first kappa shape index (κ1) is 31.8. The lowest BCUT2D eigenvalue weighted by Gasteiger charge is -2.30. The molecule has 4 aliphatic rings. The molecule has 6 aromatic rings. The number of fused-ring (bicyclic) bond motifs is 7. The van der Waals surface area contributed by atoms with E-state index in [9.17, 15) is 14.7 Å². The molecular weight excluding hydrogens is 672 g/mol. The standard InChI is InChI=1S/C41H38N6O6/c1-18(2)30-38-46-32-34(53-38)41-23-10-6-9-21(20-8-7-11-25-29(20)22(16-42-25)28-17-43-37(32)51-28)31(23)47-39(41)52-27-13-12-19(14-24(27)41)15-26(35(49)45-30)44-36(50)33(48)40(3,4)5/h6-14,16-18,26,30,33,39,42,47-48H,15H2,1-5H3,(H,44,50)(H,45,49)/t26-,30-,33+,39?,41?/m0/s1. The first-order valence-corrected chi connectivity index (χ1v) is 18.0. The summed E-state index contributed by atoms with van der Waals surface area (Å²) in [5.41, 5.74) is 5.86. The van der Waals surface area contributed by atoms with Gasteiger partial charge in [-0.2, -0.15) is 0 Å². The zero-order valence-corrected chi connectivity index (χ0v) is 29.8. The van der Waals surface area contributed by atoms with E-state index < -0.39 is 47.1 Å². The Hall–Kier alpha value is -5.88. The van der Waals surface area contributed by atoms with Crippen LogP contribution in [0.5, 0.6) is 5.75 Å². The van der Waals surface area contributed by atoms with Crippen LogP contribution in [0.25, 0.3) is 44.9 Å². The molecule has 0 saturated carbocycles. The number of carbonyl (C=O) groups is 2. The molecule has 268 valence electrons. The van der Waals surface area contributed by atoms with Crippen molar-refractivity contribution in [1.29, 1.82) is 0 Å². The van der Waals surface area contributed by atoms with E-state index in [1.807, 2.05) is 50.4 Å². The number of nitrogens with one attached hydrogen (secondary N) is 4. The minimum absolute atomic E-state index is 0.161. The van der Waals surface area contributed by atoms with E-state index in [0.29, 0.717) is 23.0 Å². The first-order valence-electron chi connectivity index (χ1n) is 18.0. The van der Waals surface area contributed by atoms with Crippen LogP contribution in [0.15, 0.2) is 75.8 Å². The van der Waals surface area contributed by atoms with Crippen LogP contribution in [-0.2, 0) is 21.4 Å². The predicted octanol–water partition coefficient (Wildman–Crippen LogP) is 6.20. The van der Waals surface area contributed by atoms with E-state index in [1.165, 1.54) is 0 Å². The second kappa shape index (κ2) is 10.8. The summed E-state index contributed by atoms with van der Waals surface area (Å²) in [6, 6.07) is 16.6. The summed E-state index contributed by atoms with van der Waals surface area (Å²) in [4.78, 5) is 40.9. The number of hydrogen-bond acceptors (Lipinski definition) is 9. The SMILES string of the molecule is CC(C)[C@@H]1NC(=O)[C@@H](NC(=O)[C@@H](O)C(C)(C)C)Cc2ccc3c(c2)C24c5cccc(c5NC2O3)-c2cccc3[nH]cc(c23)-c2cnc(o2)-c2nc1oc24. The topological polar surface area (TPSA) is 168 Å². The maximum absolute atomic E-state index is 14.2. The molecule has 12 nitrogen and oxygen atoms in total. The molecule has 4 aliphatic heterocycles. The highest BCUT2D eigenvalue weighted by Crippen LogP contribution is 2.61. The summed E-state index contributed by atoms with van der Waals surface area (Å²) in [5, 5.41) is 21.6. The molecule has 0 radical (unpaired) electrons. The number of para-hydroxylation sites is 1. The Morgan fingerprint density at radius 1 is 1.02 bits per heavy atom. The molecule has 5 atom stereocenters. The fraction of sp³-hybridized carbons (Fsp3) is 0.317. The molecule has 3 aromatic heterocycles. The zero-order valence-electron chi connectivity index (χ0n) is 29.8. The number of amides is 2. The van der Waals surface area contributed by atoms with Gasteiger partial charge in [-0.15, -0.1) is 0 Å². The van der Waals surface area contributed by atoms with Crippen molar-refractivity contribution in [3.63, 3.8) is 0 Å². The Morgan fingerprint density at radius 2 is 1.83 bits per heavy atom. The highest BCUT2D eigenvalue weighted by atomic mass is 16.5. The molecular formula is C41H38N6O6. The maximum atomic E-state index is 14.2. The fourth-order valence-electron chi connectivity index (χ4n) is 8.50. The van der Waals surface area contributed by atoms with E-state index in [0.717, 1.165) is 50.0 Å². The van der Waals surface area contributed by atoms with Crippen molar-refractivity contribution >= 4 is 28.4 Å². The number of anilines is 1. The van der Waals surface area contributed by atoms with E-state index in [4.69, 9.17) is 23.5 Å². The van der Waals surface area contributed by atoms with Crippen molar-refractivity contribution in [2.75, 3.05) is 5.32 Å². The first-order chi connectivity index (χ1) is 25.4. The minimum Gasteiger partial charge on any atom is -0.469 e. The molecule has 0 aliphatic carbocycles. The normalized spacial score (nSPS) is 22.6. The van der Waals surface area contributed by atoms with E-state index in [-0.39, 0.29) is 24.1 Å². The van der Waals surface area contributed by atoms with Gasteiger partial charge in [0.05, 0.1) is 6.20 Å². The maximum Gasteiger partial charge on any atom is 0.250 e. The van der Waals surface area contributed by atoms with E-state index in [1.54, 1.807) is 27.0 Å². The molecule has 0 fully saturated rings. The van der Waals surface area contributed by atoms with Gasteiger partial charge in [0.2, 0.25) is 23.6 Å². The summed E-state index contributed by atoms with van der Waals surface area (Å²) in [5.74, 6) is 1.000. The number of nitrogens with zero attached hydrogens (tertiary/aromatic N) is 2. The average Bonchev–Trinajstić information content (AvgIpc) is 3.95. The number of aliphatic hydroxyl groups is 1. The Bertz CT molecular complexity index is 2520. The smallest absolute Gasteiger partial charge is 0.250 e. The van der Waals surface area contributed by atoms with Crippen LogP contribution >= 0.6 is 0 Å². The number of aromatic nitrogens is 3. The molecule has 53 heavy (non-hydrogen) atoms. The average molecular weight is 711 g/mol. The third kappa shape index (κ3) is 4.38. The van der Waals surface area contributed by atoms with Crippen molar-refractivity contribution < 1.29 is 28.3 Å². The third-order valence-corrected chi connectivity index (χ3v) is 11.2. The number of hydrogen-bond donors (Lipinski definition) is 5. The quantitative estimate of drug-likeness (QED) is 0.144. The van der Waals surface area contributed by atoms with Crippen LogP contribution in [0.1, 0.15) is 69.0 Å². The van der Waals surface area contributed by atoms with Crippen LogP contribution in [0.3, 0.4) is 0 Å². The second-order valence-electron chi connectivity index (χ2n) is 16.0. The highest BCUT2D eigenvalue weighted by Gasteiger charge is 2.61. The molecule has 5 N–H and O–H groups in total. The molecule has 12 heteroatoms. The Labute approximate surface area is 304 Å². The van der Waals surface area contributed by atoms with Gasteiger partial charge in [0.25, 0.3) is 0 Å². The van der Waals surface area contributed by atoms with Crippen molar-refractivity contribution in [2.45, 2.75) is 70.9 Å². The lowest BCUT2D eigenvalue weighted by atomic mass is 9.72. The summed E-state index contributed by atoms with van der Waals surface area (Å²) in [6.07, 6.45) is 1.83. The number of carbonyl (C=O) groups excluding carboxylic acids is 2. The van der Waals surface area contributed by atoms with Crippen LogP contribution in [0, 0.1) is 11.3 Å². The molecule has 1 spiro atoms. The van der Waals surface area contributed by atoms with Crippen molar-refractivity contribution in [3.05, 3.63) is 95.3 Å². The fourth-order valence-corrected chi connectivity index (χ4v) is 8.50. The minimum atomic E-state index is -1.33. The number of aliphatic hydroxyl groups excluding tert-OH is 1. The van der Waals surface area contributed by atoms with Crippen molar-refractivity contribution in [3.8, 4) is 39.8 Å². The third-order valence-electron chi connectivity index (χ3n) is 11.2. The number of aromatic amines is 1. The van der Waals surface area contributed by atoms with Crippen molar-refractivity contribution in [1.82, 2.24) is 25.6 Å².